The second-order valence-corrected chi connectivity index (χ2v) is 9.15. The highest BCUT2D eigenvalue weighted by atomic mass is 16.5. The van der Waals surface area contributed by atoms with E-state index in [9.17, 15) is 19.8 Å². The number of carbonyl (C=O) groups excluding carboxylic acids is 2. The lowest BCUT2D eigenvalue weighted by atomic mass is 9.90. The fourth-order valence-electron chi connectivity index (χ4n) is 4.84. The van der Waals surface area contributed by atoms with E-state index in [1.54, 1.807) is 24.8 Å². The van der Waals surface area contributed by atoms with Gasteiger partial charge in [-0.05, 0) is 50.3 Å². The van der Waals surface area contributed by atoms with Gasteiger partial charge in [0.2, 0.25) is 5.91 Å². The molecule has 1 saturated carbocycles. The number of hydrogen-bond acceptors (Lipinski definition) is 5. The highest BCUT2D eigenvalue weighted by molar-refractivity contribution is 6.02. The Kier molecular flexibility index (Phi) is 7.10. The quantitative estimate of drug-likeness (QED) is 0.521. The number of carbonyl (C=O) groups is 2. The number of fused-ring (bicyclic) bond motifs is 1. The molecule has 4 rings (SSSR count). The molecule has 2 aromatic carbocycles. The van der Waals surface area contributed by atoms with Gasteiger partial charge in [-0.1, -0.05) is 37.5 Å². The summed E-state index contributed by atoms with van der Waals surface area (Å²) in [7, 11) is 0. The number of allylic oxidation sites excluding steroid dienone is 1. The van der Waals surface area contributed by atoms with Gasteiger partial charge in [-0.15, -0.1) is 0 Å². The van der Waals surface area contributed by atoms with E-state index in [0.717, 1.165) is 24.0 Å². The second kappa shape index (κ2) is 10.2. The molecule has 1 aliphatic heterocycles. The fourth-order valence-corrected chi connectivity index (χ4v) is 4.84. The van der Waals surface area contributed by atoms with Gasteiger partial charge in [0.25, 0.3) is 5.91 Å². The van der Waals surface area contributed by atoms with Crippen LogP contribution in [-0.4, -0.2) is 33.5 Å². The number of phenols is 2. The van der Waals surface area contributed by atoms with Crippen LogP contribution in [0.25, 0.3) is 0 Å². The normalized spacial score (nSPS) is 16.0. The van der Waals surface area contributed by atoms with Crippen LogP contribution in [0.15, 0.2) is 36.4 Å². The average molecular weight is 465 g/mol. The molecule has 7 nitrogen and oxygen atoms in total. The fraction of sp³-hybridized carbons (Fsp3) is 0.407. The van der Waals surface area contributed by atoms with Crippen molar-refractivity contribution in [3.05, 3.63) is 58.7 Å². The van der Waals surface area contributed by atoms with E-state index in [1.807, 2.05) is 18.2 Å². The first-order valence-electron chi connectivity index (χ1n) is 11.9. The van der Waals surface area contributed by atoms with Gasteiger partial charge in [-0.3, -0.25) is 9.59 Å². The molecule has 0 bridgehead atoms. The van der Waals surface area contributed by atoms with E-state index in [0.29, 0.717) is 36.9 Å². The molecule has 1 fully saturated rings. The number of aromatic hydroxyl groups is 2. The van der Waals surface area contributed by atoms with Gasteiger partial charge >= 0.3 is 0 Å². The second-order valence-electron chi connectivity index (χ2n) is 9.15. The van der Waals surface area contributed by atoms with Crippen molar-refractivity contribution in [2.75, 3.05) is 11.9 Å². The molecule has 180 valence electrons. The SMILES string of the molecule is C/C=C/C(=O)Nc1cccc2c1CN(C(=O)c1c(O)cc(O)c(C)c1OCC1CCCCC1)C2. The van der Waals surface area contributed by atoms with Crippen molar-refractivity contribution in [1.29, 1.82) is 0 Å². The lowest BCUT2D eigenvalue weighted by Gasteiger charge is -2.25. The number of benzene rings is 2. The predicted octanol–water partition coefficient (Wildman–Crippen LogP) is 5.04. The Morgan fingerprint density at radius 2 is 1.91 bits per heavy atom. The number of rotatable bonds is 6. The zero-order valence-electron chi connectivity index (χ0n) is 19.8. The van der Waals surface area contributed by atoms with Gasteiger partial charge < -0.3 is 25.2 Å². The summed E-state index contributed by atoms with van der Waals surface area (Å²) in [5.74, 6) is -0.367. The largest absolute Gasteiger partial charge is 0.507 e. The maximum absolute atomic E-state index is 13.6. The Balaban J connectivity index is 1.58. The molecule has 7 heteroatoms. The van der Waals surface area contributed by atoms with Crippen LogP contribution >= 0.6 is 0 Å². The van der Waals surface area contributed by atoms with Gasteiger partial charge in [0.15, 0.2) is 0 Å². The molecule has 0 aromatic heterocycles. The summed E-state index contributed by atoms with van der Waals surface area (Å²) in [6.45, 7) is 4.56. The predicted molar refractivity (Wildman–Crippen MR) is 130 cm³/mol. The lowest BCUT2D eigenvalue weighted by molar-refractivity contribution is -0.111. The van der Waals surface area contributed by atoms with Gasteiger partial charge in [0, 0.05) is 36.0 Å². The summed E-state index contributed by atoms with van der Waals surface area (Å²) in [5, 5.41) is 23.8. The maximum atomic E-state index is 13.6. The van der Waals surface area contributed by atoms with Crippen molar-refractivity contribution < 1.29 is 24.5 Å². The zero-order valence-corrected chi connectivity index (χ0v) is 19.8. The van der Waals surface area contributed by atoms with Crippen LogP contribution in [0.4, 0.5) is 5.69 Å². The molecule has 0 unspecified atom stereocenters. The number of phenolic OH excluding ortho intramolecular Hbond substituents is 2. The Bertz CT molecular complexity index is 1120. The van der Waals surface area contributed by atoms with Crippen LogP contribution in [0.5, 0.6) is 17.2 Å². The van der Waals surface area contributed by atoms with Crippen molar-refractivity contribution in [2.24, 2.45) is 5.92 Å². The Morgan fingerprint density at radius 3 is 2.65 bits per heavy atom. The highest BCUT2D eigenvalue weighted by Crippen LogP contribution is 2.41. The first kappa shape index (κ1) is 23.7. The molecule has 1 aliphatic carbocycles. The monoisotopic (exact) mass is 464 g/mol. The van der Waals surface area contributed by atoms with Crippen molar-refractivity contribution in [1.82, 2.24) is 4.90 Å². The van der Waals surface area contributed by atoms with Crippen LogP contribution in [-0.2, 0) is 17.9 Å². The number of hydrogen-bond donors (Lipinski definition) is 3. The van der Waals surface area contributed by atoms with E-state index >= 15 is 0 Å². The number of nitrogens with one attached hydrogen (secondary N) is 1. The molecule has 2 aliphatic rings. The van der Waals surface area contributed by atoms with Crippen molar-refractivity contribution in [3.8, 4) is 17.2 Å². The van der Waals surface area contributed by atoms with Crippen molar-refractivity contribution >= 4 is 17.5 Å². The molecule has 2 aromatic rings. The summed E-state index contributed by atoms with van der Waals surface area (Å²) < 4.78 is 6.10. The molecule has 1 heterocycles. The Hall–Kier alpha value is -3.48. The molecule has 0 radical (unpaired) electrons. The third-order valence-corrected chi connectivity index (χ3v) is 6.73. The minimum Gasteiger partial charge on any atom is -0.507 e. The highest BCUT2D eigenvalue weighted by Gasteiger charge is 2.32. The molecule has 0 spiro atoms. The smallest absolute Gasteiger partial charge is 0.262 e. The topological polar surface area (TPSA) is 99.1 Å². The minimum absolute atomic E-state index is 0.0680. The summed E-state index contributed by atoms with van der Waals surface area (Å²) >= 11 is 0. The van der Waals surface area contributed by atoms with Gasteiger partial charge in [0.1, 0.15) is 22.8 Å². The first-order chi connectivity index (χ1) is 16.4. The zero-order chi connectivity index (χ0) is 24.2. The summed E-state index contributed by atoms with van der Waals surface area (Å²) in [5.41, 5.74) is 2.97. The molecule has 0 atom stereocenters. The van der Waals surface area contributed by atoms with Gasteiger partial charge in [-0.25, -0.2) is 0 Å². The van der Waals surface area contributed by atoms with E-state index in [2.05, 4.69) is 5.32 Å². The number of nitrogens with zero attached hydrogens (tertiary/aromatic N) is 1. The Morgan fingerprint density at radius 1 is 1.15 bits per heavy atom. The standard InChI is InChI=1S/C27H32N2O5/c1-3-8-24(32)28-21-12-7-11-19-14-29(15-20(19)21)27(33)25-23(31)13-22(30)17(2)26(25)34-16-18-9-5-4-6-10-18/h3,7-8,11-13,18,30-31H,4-6,9-10,14-16H2,1-2H3,(H,28,32)/b8-3+. The number of amides is 2. The molecule has 0 saturated heterocycles. The number of ether oxygens (including phenoxy) is 1. The lowest BCUT2D eigenvalue weighted by Crippen LogP contribution is -2.27. The van der Waals surface area contributed by atoms with E-state index in [-0.39, 0.29) is 34.6 Å². The molecule has 34 heavy (non-hydrogen) atoms. The summed E-state index contributed by atoms with van der Waals surface area (Å²) in [6.07, 6.45) is 8.85. The molecule has 2 amide bonds. The maximum Gasteiger partial charge on any atom is 0.262 e. The van der Waals surface area contributed by atoms with Crippen LogP contribution < -0.4 is 10.1 Å². The van der Waals surface area contributed by atoms with E-state index < -0.39 is 0 Å². The minimum atomic E-state index is -0.374. The first-order valence-corrected chi connectivity index (χ1v) is 11.9. The average Bonchev–Trinajstić information content (AvgIpc) is 3.26. The Labute approximate surface area is 200 Å². The van der Waals surface area contributed by atoms with Crippen LogP contribution in [0, 0.1) is 12.8 Å². The van der Waals surface area contributed by atoms with Crippen LogP contribution in [0.2, 0.25) is 0 Å². The van der Waals surface area contributed by atoms with Crippen LogP contribution in [0.1, 0.15) is 66.1 Å². The van der Waals surface area contributed by atoms with Gasteiger partial charge in [-0.2, -0.15) is 0 Å². The van der Waals surface area contributed by atoms with Crippen molar-refractivity contribution in [3.63, 3.8) is 0 Å². The number of anilines is 1. The third-order valence-electron chi connectivity index (χ3n) is 6.73. The van der Waals surface area contributed by atoms with E-state index in [1.165, 1.54) is 31.4 Å². The van der Waals surface area contributed by atoms with Gasteiger partial charge in [0.05, 0.1) is 6.61 Å². The molecular formula is C27H32N2O5. The van der Waals surface area contributed by atoms with Crippen molar-refractivity contribution in [2.45, 2.75) is 59.0 Å². The molecule has 3 N–H and O–H groups in total. The third kappa shape index (κ3) is 4.88. The molecular weight excluding hydrogens is 432 g/mol. The summed E-state index contributed by atoms with van der Waals surface area (Å²) in [4.78, 5) is 27.3. The summed E-state index contributed by atoms with van der Waals surface area (Å²) in [6, 6.07) is 6.78. The van der Waals surface area contributed by atoms with Crippen LogP contribution in [0.3, 0.4) is 0 Å². The van der Waals surface area contributed by atoms with E-state index in [4.69, 9.17) is 4.74 Å².